The van der Waals surface area contributed by atoms with Crippen molar-refractivity contribution in [1.29, 1.82) is 0 Å². The SMILES string of the molecule is c1ccc(-c2ncnc(-c3ccc4c(c3)c3cc(-c5ncnc(-c6ccccc6)n5)ccc3n4-c3ccccc3)n2)cc1. The van der Waals surface area contributed by atoms with E-state index in [1.165, 1.54) is 0 Å². The molecule has 0 aliphatic rings. The van der Waals surface area contributed by atoms with Gasteiger partial charge in [0.2, 0.25) is 0 Å². The highest BCUT2D eigenvalue weighted by Gasteiger charge is 2.16. The van der Waals surface area contributed by atoms with Gasteiger partial charge >= 0.3 is 0 Å². The fraction of sp³-hybridized carbons (Fsp3) is 0. The molecule has 0 aliphatic carbocycles. The molecule has 0 aliphatic heterocycles. The number of hydrogen-bond acceptors (Lipinski definition) is 6. The Hall–Kier alpha value is -6.08. The monoisotopic (exact) mass is 553 g/mol. The highest BCUT2D eigenvalue weighted by Crippen LogP contribution is 2.36. The number of rotatable bonds is 5. The van der Waals surface area contributed by atoms with Crippen LogP contribution in [0.1, 0.15) is 0 Å². The van der Waals surface area contributed by atoms with Gasteiger partial charge in [-0.1, -0.05) is 78.9 Å². The molecule has 0 saturated heterocycles. The average molecular weight is 554 g/mol. The van der Waals surface area contributed by atoms with Crippen molar-refractivity contribution in [1.82, 2.24) is 34.5 Å². The maximum Gasteiger partial charge on any atom is 0.163 e. The van der Waals surface area contributed by atoms with Crippen molar-refractivity contribution in [3.05, 3.63) is 140 Å². The van der Waals surface area contributed by atoms with Crippen molar-refractivity contribution < 1.29 is 0 Å². The number of nitrogens with zero attached hydrogens (tertiary/aromatic N) is 7. The lowest BCUT2D eigenvalue weighted by Crippen LogP contribution is -1.96. The van der Waals surface area contributed by atoms with Gasteiger partial charge in [0.25, 0.3) is 0 Å². The van der Waals surface area contributed by atoms with Gasteiger partial charge in [-0.3, -0.25) is 0 Å². The Kier molecular flexibility index (Phi) is 5.97. The summed E-state index contributed by atoms with van der Waals surface area (Å²) in [6.07, 6.45) is 3.15. The molecule has 5 aromatic carbocycles. The molecule has 8 rings (SSSR count). The summed E-state index contributed by atoms with van der Waals surface area (Å²) in [5, 5.41) is 2.16. The second kappa shape index (κ2) is 10.4. The number of aromatic nitrogens is 7. The molecular formula is C36H23N7. The molecule has 0 atom stereocenters. The van der Waals surface area contributed by atoms with E-state index < -0.39 is 0 Å². The van der Waals surface area contributed by atoms with E-state index in [1.54, 1.807) is 12.7 Å². The lowest BCUT2D eigenvalue weighted by atomic mass is 10.1. The zero-order valence-electron chi connectivity index (χ0n) is 22.9. The van der Waals surface area contributed by atoms with Crippen LogP contribution in [0.25, 0.3) is 73.0 Å². The lowest BCUT2D eigenvalue weighted by Gasteiger charge is -2.08. The van der Waals surface area contributed by atoms with E-state index >= 15 is 0 Å². The Labute approximate surface area is 247 Å². The van der Waals surface area contributed by atoms with Gasteiger partial charge in [-0.15, -0.1) is 0 Å². The van der Waals surface area contributed by atoms with E-state index in [9.17, 15) is 0 Å². The highest BCUT2D eigenvalue weighted by molar-refractivity contribution is 6.11. The standard InChI is InChI=1S/C36H23N7/c1-4-10-24(11-5-1)33-37-22-39-35(41-33)26-16-18-31-29(20-26)30-21-27(17-19-32(30)43(31)28-14-8-3-9-15-28)36-40-23-38-34(42-36)25-12-6-2-7-13-25/h1-23H. The first-order valence-electron chi connectivity index (χ1n) is 14.0. The van der Waals surface area contributed by atoms with Crippen molar-refractivity contribution in [3.8, 4) is 51.2 Å². The lowest BCUT2D eigenvalue weighted by molar-refractivity contribution is 1.07. The minimum absolute atomic E-state index is 0.623. The number of hydrogen-bond donors (Lipinski definition) is 0. The molecule has 0 bridgehead atoms. The van der Waals surface area contributed by atoms with Crippen LogP contribution in [0, 0.1) is 0 Å². The molecule has 0 spiro atoms. The van der Waals surface area contributed by atoms with Crippen molar-refractivity contribution in [2.24, 2.45) is 0 Å². The van der Waals surface area contributed by atoms with Crippen molar-refractivity contribution in [2.45, 2.75) is 0 Å². The zero-order chi connectivity index (χ0) is 28.6. The summed E-state index contributed by atoms with van der Waals surface area (Å²) in [5.74, 6) is 2.53. The Balaban J connectivity index is 1.31. The van der Waals surface area contributed by atoms with Crippen LogP contribution >= 0.6 is 0 Å². The largest absolute Gasteiger partial charge is 0.309 e. The fourth-order valence-electron chi connectivity index (χ4n) is 5.48. The summed E-state index contributed by atoms with van der Waals surface area (Å²) < 4.78 is 2.28. The van der Waals surface area contributed by atoms with Gasteiger partial charge in [0.1, 0.15) is 12.7 Å². The van der Waals surface area contributed by atoms with E-state index in [-0.39, 0.29) is 0 Å². The van der Waals surface area contributed by atoms with Gasteiger partial charge in [-0.25, -0.2) is 29.9 Å². The third-order valence-corrected chi connectivity index (χ3v) is 7.50. The Morgan fingerprint density at radius 2 is 0.767 bits per heavy atom. The van der Waals surface area contributed by atoms with Crippen LogP contribution in [0.15, 0.2) is 140 Å². The topological polar surface area (TPSA) is 82.3 Å². The smallest absolute Gasteiger partial charge is 0.163 e. The molecular weight excluding hydrogens is 530 g/mol. The summed E-state index contributed by atoms with van der Waals surface area (Å²) >= 11 is 0. The second-order valence-corrected chi connectivity index (χ2v) is 10.1. The predicted octanol–water partition coefficient (Wildman–Crippen LogP) is 7.82. The Morgan fingerprint density at radius 1 is 0.372 bits per heavy atom. The maximum atomic E-state index is 4.81. The fourth-order valence-corrected chi connectivity index (χ4v) is 5.48. The Bertz CT molecular complexity index is 2090. The van der Waals surface area contributed by atoms with Crippen LogP contribution in [-0.4, -0.2) is 34.5 Å². The van der Waals surface area contributed by atoms with Gasteiger partial charge in [0.05, 0.1) is 11.0 Å². The van der Waals surface area contributed by atoms with Gasteiger partial charge in [0.15, 0.2) is 23.3 Å². The van der Waals surface area contributed by atoms with Gasteiger partial charge in [-0.2, -0.15) is 0 Å². The quantitative estimate of drug-likeness (QED) is 0.216. The highest BCUT2D eigenvalue weighted by atomic mass is 15.0. The van der Waals surface area contributed by atoms with Gasteiger partial charge in [0, 0.05) is 38.7 Å². The summed E-state index contributed by atoms with van der Waals surface area (Å²) in [7, 11) is 0. The summed E-state index contributed by atoms with van der Waals surface area (Å²) in [6, 6.07) is 43.0. The van der Waals surface area contributed by atoms with E-state index in [0.717, 1.165) is 49.7 Å². The van der Waals surface area contributed by atoms with E-state index in [0.29, 0.717) is 23.3 Å². The first-order chi connectivity index (χ1) is 21.3. The molecule has 7 heteroatoms. The third-order valence-electron chi connectivity index (χ3n) is 7.50. The van der Waals surface area contributed by atoms with Crippen molar-refractivity contribution in [2.75, 3.05) is 0 Å². The van der Waals surface area contributed by atoms with Crippen LogP contribution in [0.3, 0.4) is 0 Å². The molecule has 3 aromatic heterocycles. The normalized spacial score (nSPS) is 11.3. The van der Waals surface area contributed by atoms with Crippen LogP contribution in [0.4, 0.5) is 0 Å². The summed E-state index contributed by atoms with van der Waals surface area (Å²) in [4.78, 5) is 27.5. The molecule has 7 nitrogen and oxygen atoms in total. The Morgan fingerprint density at radius 3 is 1.21 bits per heavy atom. The van der Waals surface area contributed by atoms with Crippen LogP contribution in [0.5, 0.6) is 0 Å². The first-order valence-corrected chi connectivity index (χ1v) is 14.0. The molecule has 8 aromatic rings. The molecule has 0 fully saturated rings. The van der Waals surface area contributed by atoms with Crippen LogP contribution in [-0.2, 0) is 0 Å². The molecule has 0 amide bonds. The molecule has 0 unspecified atom stereocenters. The molecule has 0 saturated carbocycles. The van der Waals surface area contributed by atoms with Gasteiger partial charge in [-0.05, 0) is 48.5 Å². The van der Waals surface area contributed by atoms with E-state index in [1.807, 2.05) is 66.7 Å². The number of fused-ring (bicyclic) bond motifs is 3. The number of benzene rings is 5. The molecule has 202 valence electrons. The number of para-hydroxylation sites is 1. The predicted molar refractivity (Wildman–Crippen MR) is 169 cm³/mol. The molecule has 43 heavy (non-hydrogen) atoms. The summed E-state index contributed by atoms with van der Waals surface area (Å²) in [6.45, 7) is 0. The average Bonchev–Trinajstić information content (AvgIpc) is 3.42. The summed E-state index contributed by atoms with van der Waals surface area (Å²) in [5.41, 5.74) is 6.97. The molecule has 0 radical (unpaired) electrons. The van der Waals surface area contributed by atoms with E-state index in [2.05, 4.69) is 85.2 Å². The minimum Gasteiger partial charge on any atom is -0.309 e. The van der Waals surface area contributed by atoms with Gasteiger partial charge < -0.3 is 4.57 Å². The second-order valence-electron chi connectivity index (χ2n) is 10.1. The van der Waals surface area contributed by atoms with Crippen molar-refractivity contribution in [3.63, 3.8) is 0 Å². The first kappa shape index (κ1) is 24.7. The van der Waals surface area contributed by atoms with Crippen LogP contribution in [0.2, 0.25) is 0 Å². The van der Waals surface area contributed by atoms with Crippen molar-refractivity contribution >= 4 is 21.8 Å². The molecule has 3 heterocycles. The van der Waals surface area contributed by atoms with Crippen LogP contribution < -0.4 is 0 Å². The zero-order valence-corrected chi connectivity index (χ0v) is 22.9. The minimum atomic E-state index is 0.623. The molecule has 0 N–H and O–H groups in total. The maximum absolute atomic E-state index is 4.81. The third kappa shape index (κ3) is 4.49. The van der Waals surface area contributed by atoms with E-state index in [4.69, 9.17) is 9.97 Å².